The van der Waals surface area contributed by atoms with Crippen molar-refractivity contribution in [2.24, 2.45) is 0 Å². The first-order chi connectivity index (χ1) is 11.7. The van der Waals surface area contributed by atoms with E-state index in [2.05, 4.69) is 11.4 Å². The molecule has 2 rings (SSSR count). The minimum absolute atomic E-state index is 0.0537. The lowest BCUT2D eigenvalue weighted by Crippen LogP contribution is -2.26. The summed E-state index contributed by atoms with van der Waals surface area (Å²) in [5.41, 5.74) is 2.43. The van der Waals surface area contributed by atoms with E-state index >= 15 is 0 Å². The quantitative estimate of drug-likeness (QED) is 0.695. The van der Waals surface area contributed by atoms with Gasteiger partial charge in [-0.3, -0.25) is 4.79 Å². The van der Waals surface area contributed by atoms with Crippen LogP contribution in [-0.2, 0) is 11.2 Å². The molecule has 132 valence electrons. The largest absolute Gasteiger partial charge is 0.490 e. The zero-order valence-corrected chi connectivity index (χ0v) is 14.9. The number of rotatable bonds is 9. The second-order valence-electron chi connectivity index (χ2n) is 6.03. The van der Waals surface area contributed by atoms with E-state index in [0.717, 1.165) is 24.3 Å². The Morgan fingerprint density at radius 3 is 2.62 bits per heavy atom. The summed E-state index contributed by atoms with van der Waals surface area (Å²) >= 11 is 0. The lowest BCUT2D eigenvalue weighted by molar-refractivity contribution is -0.120. The standard InChI is InChI=1S/C20H29NO3/c1-3-23-18-11-10-17(14-19(18)24-4-2)15-20(22)21-13-12-16-8-6-5-7-9-16/h8,10-11,14H,3-7,9,12-13,15H2,1-2H3,(H,21,22). The van der Waals surface area contributed by atoms with Crippen molar-refractivity contribution < 1.29 is 14.3 Å². The van der Waals surface area contributed by atoms with Gasteiger partial charge in [0.2, 0.25) is 5.91 Å². The fourth-order valence-electron chi connectivity index (χ4n) is 2.95. The van der Waals surface area contributed by atoms with E-state index in [9.17, 15) is 4.79 Å². The fraction of sp³-hybridized carbons (Fsp3) is 0.550. The Hall–Kier alpha value is -1.97. The highest BCUT2D eigenvalue weighted by Gasteiger charge is 2.10. The number of nitrogens with one attached hydrogen (secondary N) is 1. The molecule has 1 N–H and O–H groups in total. The van der Waals surface area contributed by atoms with E-state index < -0.39 is 0 Å². The molecule has 1 aliphatic carbocycles. The third-order valence-electron chi connectivity index (χ3n) is 4.13. The molecule has 0 saturated heterocycles. The van der Waals surface area contributed by atoms with E-state index in [0.29, 0.717) is 25.4 Å². The maximum atomic E-state index is 12.1. The Balaban J connectivity index is 1.84. The highest BCUT2D eigenvalue weighted by atomic mass is 16.5. The molecule has 1 aromatic carbocycles. The van der Waals surface area contributed by atoms with Gasteiger partial charge in [-0.2, -0.15) is 0 Å². The van der Waals surface area contributed by atoms with Crippen LogP contribution in [0.1, 0.15) is 51.5 Å². The van der Waals surface area contributed by atoms with Crippen molar-refractivity contribution in [2.45, 2.75) is 52.4 Å². The zero-order chi connectivity index (χ0) is 17.2. The van der Waals surface area contributed by atoms with Gasteiger partial charge in [0.1, 0.15) is 0 Å². The predicted octanol–water partition coefficient (Wildman–Crippen LogP) is 4.03. The number of hydrogen-bond acceptors (Lipinski definition) is 3. The number of amides is 1. The molecule has 0 unspecified atom stereocenters. The van der Waals surface area contributed by atoms with Crippen molar-refractivity contribution in [3.63, 3.8) is 0 Å². The average Bonchev–Trinajstić information content (AvgIpc) is 2.58. The Labute approximate surface area is 145 Å². The van der Waals surface area contributed by atoms with Crippen LogP contribution in [0.4, 0.5) is 0 Å². The van der Waals surface area contributed by atoms with Crippen LogP contribution >= 0.6 is 0 Å². The van der Waals surface area contributed by atoms with E-state index in [-0.39, 0.29) is 5.91 Å². The molecule has 0 aliphatic heterocycles. The normalized spacial score (nSPS) is 14.0. The van der Waals surface area contributed by atoms with Crippen LogP contribution in [0.5, 0.6) is 11.5 Å². The fourth-order valence-corrected chi connectivity index (χ4v) is 2.95. The summed E-state index contributed by atoms with van der Waals surface area (Å²) in [7, 11) is 0. The lowest BCUT2D eigenvalue weighted by atomic mass is 9.97. The summed E-state index contributed by atoms with van der Waals surface area (Å²) in [4.78, 5) is 12.1. The molecule has 0 fully saturated rings. The third-order valence-corrected chi connectivity index (χ3v) is 4.13. The summed E-state index contributed by atoms with van der Waals surface area (Å²) in [5.74, 6) is 1.49. The van der Waals surface area contributed by atoms with Crippen molar-refractivity contribution in [2.75, 3.05) is 19.8 Å². The summed E-state index contributed by atoms with van der Waals surface area (Å²) in [6.07, 6.45) is 8.63. The minimum atomic E-state index is 0.0537. The minimum Gasteiger partial charge on any atom is -0.490 e. The molecule has 0 radical (unpaired) electrons. The van der Waals surface area contributed by atoms with Crippen LogP contribution in [0.2, 0.25) is 0 Å². The topological polar surface area (TPSA) is 47.6 Å². The number of carbonyl (C=O) groups excluding carboxylic acids is 1. The van der Waals surface area contributed by atoms with E-state index in [1.54, 1.807) is 0 Å². The highest BCUT2D eigenvalue weighted by Crippen LogP contribution is 2.28. The van der Waals surface area contributed by atoms with Gasteiger partial charge in [-0.15, -0.1) is 0 Å². The van der Waals surface area contributed by atoms with Gasteiger partial charge < -0.3 is 14.8 Å². The SMILES string of the molecule is CCOc1ccc(CC(=O)NCCC2=CCCCC2)cc1OCC. The summed E-state index contributed by atoms with van der Waals surface area (Å²) < 4.78 is 11.2. The van der Waals surface area contributed by atoms with Gasteiger partial charge in [-0.05, 0) is 63.6 Å². The number of allylic oxidation sites excluding steroid dienone is 1. The molecule has 24 heavy (non-hydrogen) atoms. The Kier molecular flexibility index (Phi) is 7.66. The first-order valence-corrected chi connectivity index (χ1v) is 9.06. The van der Waals surface area contributed by atoms with Crippen molar-refractivity contribution in [1.82, 2.24) is 5.32 Å². The number of carbonyl (C=O) groups is 1. The van der Waals surface area contributed by atoms with Crippen LogP contribution in [0, 0.1) is 0 Å². The van der Waals surface area contributed by atoms with Gasteiger partial charge in [0.05, 0.1) is 19.6 Å². The molecule has 0 heterocycles. The molecule has 1 aromatic rings. The summed E-state index contributed by atoms with van der Waals surface area (Å²) in [6, 6.07) is 5.71. The lowest BCUT2D eigenvalue weighted by Gasteiger charge is -2.14. The molecule has 0 spiro atoms. The smallest absolute Gasteiger partial charge is 0.224 e. The van der Waals surface area contributed by atoms with Crippen LogP contribution in [0.3, 0.4) is 0 Å². The molecule has 0 saturated carbocycles. The average molecular weight is 331 g/mol. The van der Waals surface area contributed by atoms with Gasteiger partial charge in [-0.1, -0.05) is 17.7 Å². The van der Waals surface area contributed by atoms with Gasteiger partial charge >= 0.3 is 0 Å². The zero-order valence-electron chi connectivity index (χ0n) is 14.9. The molecule has 0 aromatic heterocycles. The van der Waals surface area contributed by atoms with Crippen LogP contribution < -0.4 is 14.8 Å². The Bertz CT molecular complexity index is 566. The van der Waals surface area contributed by atoms with Gasteiger partial charge in [0, 0.05) is 6.54 Å². The van der Waals surface area contributed by atoms with Crippen LogP contribution in [0.25, 0.3) is 0 Å². The summed E-state index contributed by atoms with van der Waals surface area (Å²) in [6.45, 7) is 5.77. The number of hydrogen-bond donors (Lipinski definition) is 1. The molecular formula is C20H29NO3. The van der Waals surface area contributed by atoms with Crippen molar-refractivity contribution >= 4 is 5.91 Å². The maximum Gasteiger partial charge on any atom is 0.224 e. The van der Waals surface area contributed by atoms with E-state index in [1.165, 1.54) is 31.3 Å². The first kappa shape index (κ1) is 18.4. The van der Waals surface area contributed by atoms with E-state index in [4.69, 9.17) is 9.47 Å². The highest BCUT2D eigenvalue weighted by molar-refractivity contribution is 5.78. The molecule has 4 heteroatoms. The van der Waals surface area contributed by atoms with Crippen LogP contribution in [0.15, 0.2) is 29.8 Å². The molecule has 4 nitrogen and oxygen atoms in total. The van der Waals surface area contributed by atoms with Crippen molar-refractivity contribution in [3.8, 4) is 11.5 Å². The molecular weight excluding hydrogens is 302 g/mol. The maximum absolute atomic E-state index is 12.1. The Morgan fingerprint density at radius 1 is 1.12 bits per heavy atom. The second kappa shape index (κ2) is 10.0. The van der Waals surface area contributed by atoms with Gasteiger partial charge in [0.25, 0.3) is 0 Å². The van der Waals surface area contributed by atoms with Gasteiger partial charge in [0.15, 0.2) is 11.5 Å². The Morgan fingerprint density at radius 2 is 1.92 bits per heavy atom. The van der Waals surface area contributed by atoms with Crippen LogP contribution in [-0.4, -0.2) is 25.7 Å². The van der Waals surface area contributed by atoms with E-state index in [1.807, 2.05) is 32.0 Å². The summed E-state index contributed by atoms with van der Waals surface area (Å²) in [5, 5.41) is 3.02. The molecule has 0 atom stereocenters. The molecule has 1 aliphatic rings. The first-order valence-electron chi connectivity index (χ1n) is 9.06. The molecule has 0 bridgehead atoms. The number of ether oxygens (including phenoxy) is 2. The van der Waals surface area contributed by atoms with Gasteiger partial charge in [-0.25, -0.2) is 0 Å². The number of benzene rings is 1. The monoisotopic (exact) mass is 331 g/mol. The predicted molar refractivity (Wildman–Crippen MR) is 96.7 cm³/mol. The van der Waals surface area contributed by atoms with Crippen molar-refractivity contribution in [3.05, 3.63) is 35.4 Å². The second-order valence-corrected chi connectivity index (χ2v) is 6.03. The third kappa shape index (κ3) is 5.91. The molecule has 1 amide bonds. The van der Waals surface area contributed by atoms with Crippen molar-refractivity contribution in [1.29, 1.82) is 0 Å².